The molecule has 6 nitrogen and oxygen atoms in total. The number of fused-ring (bicyclic) bond motifs is 5. The molecule has 154 valence electrons. The number of cyclic esters (lactones) is 1. The highest BCUT2D eigenvalue weighted by Gasteiger charge is 2.45. The number of aromatic nitrogens is 2. The molecular weight excluding hydrogens is 394 g/mol. The van der Waals surface area contributed by atoms with Crippen molar-refractivity contribution < 1.29 is 23.4 Å². The molecule has 2 aromatic heterocycles. The minimum absolute atomic E-state index is 0.0461. The van der Waals surface area contributed by atoms with Gasteiger partial charge in [0.15, 0.2) is 17.2 Å². The molecule has 0 amide bonds. The van der Waals surface area contributed by atoms with Crippen LogP contribution in [0, 0.1) is 11.6 Å². The van der Waals surface area contributed by atoms with Crippen molar-refractivity contribution in [2.24, 2.45) is 0 Å². The standard InChI is InChI=1S/C22H18F2N2O4/c1-3-10-11-5-15(23)16(24)7-17(11)25-19-12(10)8-26-18(19)6-14-13(20(26)27)9-30-21(28)22(14,29)4-2/h5-7,29H,3-4,8-9H2,1-2H3/t22-/m0/s1. The summed E-state index contributed by atoms with van der Waals surface area (Å²) in [6.45, 7) is 3.54. The molecule has 30 heavy (non-hydrogen) atoms. The lowest BCUT2D eigenvalue weighted by Crippen LogP contribution is -2.44. The maximum atomic E-state index is 13.9. The van der Waals surface area contributed by atoms with Crippen molar-refractivity contribution in [3.05, 3.63) is 62.4 Å². The van der Waals surface area contributed by atoms with Gasteiger partial charge >= 0.3 is 5.97 Å². The summed E-state index contributed by atoms with van der Waals surface area (Å²) in [5.74, 6) is -2.75. The number of pyridine rings is 2. The third-order valence-corrected chi connectivity index (χ3v) is 6.20. The Morgan fingerprint density at radius 2 is 1.90 bits per heavy atom. The number of hydrogen-bond acceptors (Lipinski definition) is 5. The first-order chi connectivity index (χ1) is 14.3. The second-order valence-electron chi connectivity index (χ2n) is 7.66. The summed E-state index contributed by atoms with van der Waals surface area (Å²) in [7, 11) is 0. The minimum atomic E-state index is -1.91. The van der Waals surface area contributed by atoms with E-state index in [9.17, 15) is 23.5 Å². The van der Waals surface area contributed by atoms with E-state index >= 15 is 0 Å². The number of esters is 1. The Balaban J connectivity index is 1.84. The smallest absolute Gasteiger partial charge is 0.343 e. The molecule has 0 radical (unpaired) electrons. The summed E-state index contributed by atoms with van der Waals surface area (Å²) in [4.78, 5) is 30.0. The molecule has 1 atom stereocenters. The Morgan fingerprint density at radius 1 is 1.17 bits per heavy atom. The van der Waals surface area contributed by atoms with E-state index in [-0.39, 0.29) is 41.8 Å². The van der Waals surface area contributed by atoms with E-state index in [1.807, 2.05) is 6.92 Å². The van der Waals surface area contributed by atoms with Gasteiger partial charge in [-0.15, -0.1) is 0 Å². The zero-order valence-electron chi connectivity index (χ0n) is 16.4. The van der Waals surface area contributed by atoms with Crippen molar-refractivity contribution in [1.82, 2.24) is 9.55 Å². The number of carbonyl (C=O) groups is 1. The summed E-state index contributed by atoms with van der Waals surface area (Å²) in [6, 6.07) is 3.78. The van der Waals surface area contributed by atoms with Gasteiger partial charge in [-0.2, -0.15) is 0 Å². The number of ether oxygens (including phenoxy) is 1. The molecule has 5 rings (SSSR count). The summed E-state index contributed by atoms with van der Waals surface area (Å²) in [6.07, 6.45) is 0.583. The van der Waals surface area contributed by atoms with Crippen LogP contribution in [0.1, 0.15) is 42.5 Å². The fourth-order valence-corrected chi connectivity index (χ4v) is 4.56. The van der Waals surface area contributed by atoms with Gasteiger partial charge in [0.25, 0.3) is 5.56 Å². The number of benzene rings is 1. The van der Waals surface area contributed by atoms with Crippen molar-refractivity contribution in [3.63, 3.8) is 0 Å². The SMILES string of the molecule is CCc1c2c(nc3cc(F)c(F)cc13)-c1cc3c(c(=O)n1C2)COC(=O)[C@]3(O)CC. The van der Waals surface area contributed by atoms with E-state index in [1.54, 1.807) is 13.0 Å². The van der Waals surface area contributed by atoms with Gasteiger partial charge < -0.3 is 14.4 Å². The summed E-state index contributed by atoms with van der Waals surface area (Å²) in [5, 5.41) is 11.4. The number of aryl methyl sites for hydroxylation is 1. The fourth-order valence-electron chi connectivity index (χ4n) is 4.56. The van der Waals surface area contributed by atoms with Gasteiger partial charge in [-0.25, -0.2) is 18.6 Å². The minimum Gasteiger partial charge on any atom is -0.458 e. The predicted octanol–water partition coefficient (Wildman–Crippen LogP) is 2.92. The van der Waals surface area contributed by atoms with Crippen LogP contribution in [0.4, 0.5) is 8.78 Å². The third kappa shape index (κ3) is 2.28. The number of rotatable bonds is 2. The fraction of sp³-hybridized carbons (Fsp3) is 0.318. The molecule has 0 fully saturated rings. The molecule has 1 aromatic carbocycles. The molecule has 0 saturated carbocycles. The van der Waals surface area contributed by atoms with Gasteiger partial charge in [0.2, 0.25) is 0 Å². The van der Waals surface area contributed by atoms with E-state index in [4.69, 9.17) is 4.74 Å². The van der Waals surface area contributed by atoms with Crippen LogP contribution in [0.3, 0.4) is 0 Å². The Hall–Kier alpha value is -3.13. The largest absolute Gasteiger partial charge is 0.458 e. The highest BCUT2D eigenvalue weighted by atomic mass is 19.2. The number of carbonyl (C=O) groups excluding carboxylic acids is 1. The second kappa shape index (κ2) is 6.18. The van der Waals surface area contributed by atoms with Gasteiger partial charge in [0.1, 0.15) is 6.61 Å². The molecule has 0 aliphatic carbocycles. The highest BCUT2D eigenvalue weighted by Crippen LogP contribution is 2.40. The van der Waals surface area contributed by atoms with Crippen molar-refractivity contribution >= 4 is 16.9 Å². The van der Waals surface area contributed by atoms with Crippen LogP contribution in [-0.2, 0) is 34.7 Å². The Bertz CT molecular complexity index is 1330. The maximum absolute atomic E-state index is 13.9. The van der Waals surface area contributed by atoms with E-state index in [2.05, 4.69) is 4.98 Å². The van der Waals surface area contributed by atoms with Crippen molar-refractivity contribution in [2.75, 3.05) is 0 Å². The van der Waals surface area contributed by atoms with Crippen LogP contribution in [0.25, 0.3) is 22.3 Å². The average Bonchev–Trinajstić information content (AvgIpc) is 3.09. The zero-order valence-corrected chi connectivity index (χ0v) is 16.4. The zero-order chi connectivity index (χ0) is 21.4. The summed E-state index contributed by atoms with van der Waals surface area (Å²) >= 11 is 0. The Labute approximate surface area is 169 Å². The first-order valence-corrected chi connectivity index (χ1v) is 9.77. The van der Waals surface area contributed by atoms with E-state index < -0.39 is 23.2 Å². The van der Waals surface area contributed by atoms with Gasteiger partial charge in [-0.05, 0) is 30.5 Å². The van der Waals surface area contributed by atoms with Crippen molar-refractivity contribution in [1.29, 1.82) is 0 Å². The van der Waals surface area contributed by atoms with Crippen LogP contribution < -0.4 is 5.56 Å². The first kappa shape index (κ1) is 18.9. The molecule has 1 N–H and O–H groups in total. The number of aliphatic hydroxyl groups is 1. The number of hydrogen-bond donors (Lipinski definition) is 1. The molecule has 0 saturated heterocycles. The summed E-state index contributed by atoms with van der Waals surface area (Å²) in [5.41, 5.74) is 0.905. The Morgan fingerprint density at radius 3 is 2.60 bits per heavy atom. The molecular formula is C22H18F2N2O4. The van der Waals surface area contributed by atoms with E-state index in [0.29, 0.717) is 23.2 Å². The van der Waals surface area contributed by atoms with Crippen LogP contribution in [-0.4, -0.2) is 20.6 Å². The van der Waals surface area contributed by atoms with Gasteiger partial charge in [0, 0.05) is 22.6 Å². The molecule has 4 heterocycles. The average molecular weight is 412 g/mol. The second-order valence-corrected chi connectivity index (χ2v) is 7.66. The van der Waals surface area contributed by atoms with E-state index in [1.165, 1.54) is 4.57 Å². The van der Waals surface area contributed by atoms with Crippen LogP contribution in [0.2, 0.25) is 0 Å². The van der Waals surface area contributed by atoms with E-state index in [0.717, 1.165) is 23.3 Å². The topological polar surface area (TPSA) is 81.4 Å². The molecule has 8 heteroatoms. The van der Waals surface area contributed by atoms with Gasteiger partial charge in [-0.3, -0.25) is 4.79 Å². The monoisotopic (exact) mass is 412 g/mol. The molecule has 0 bridgehead atoms. The quantitative estimate of drug-likeness (QED) is 0.512. The third-order valence-electron chi connectivity index (χ3n) is 6.20. The highest BCUT2D eigenvalue weighted by molar-refractivity contribution is 5.89. The lowest BCUT2D eigenvalue weighted by molar-refractivity contribution is -0.172. The summed E-state index contributed by atoms with van der Waals surface area (Å²) < 4.78 is 34.3. The molecule has 2 aliphatic rings. The Kier molecular flexibility index (Phi) is 3.89. The molecule has 0 unspecified atom stereocenters. The molecule has 2 aliphatic heterocycles. The van der Waals surface area contributed by atoms with Gasteiger partial charge in [-0.1, -0.05) is 13.8 Å². The van der Waals surface area contributed by atoms with Gasteiger partial charge in [0.05, 0.1) is 29.0 Å². The normalized spacial score (nSPS) is 19.4. The maximum Gasteiger partial charge on any atom is 0.343 e. The number of nitrogens with zero attached hydrogens (tertiary/aromatic N) is 2. The number of halogens is 2. The first-order valence-electron chi connectivity index (χ1n) is 9.77. The lowest BCUT2D eigenvalue weighted by Gasteiger charge is -2.31. The van der Waals surface area contributed by atoms with Crippen LogP contribution in [0.5, 0.6) is 0 Å². The predicted molar refractivity (Wildman–Crippen MR) is 104 cm³/mol. The van der Waals surface area contributed by atoms with Crippen LogP contribution >= 0.6 is 0 Å². The van der Waals surface area contributed by atoms with Crippen molar-refractivity contribution in [2.45, 2.75) is 45.4 Å². The molecule has 3 aromatic rings. The van der Waals surface area contributed by atoms with Crippen LogP contribution in [0.15, 0.2) is 23.0 Å². The van der Waals surface area contributed by atoms with Crippen molar-refractivity contribution in [3.8, 4) is 11.4 Å². The molecule has 0 spiro atoms. The lowest BCUT2D eigenvalue weighted by atomic mass is 9.86.